The molecule has 2 aromatic rings. The molecule has 0 spiro atoms. The SMILES string of the molecule is O=S(=O)(Nc1ncccn1)c1c(F)cc(F)cc1Br. The molecule has 0 saturated carbocycles. The highest BCUT2D eigenvalue weighted by Crippen LogP contribution is 2.27. The topological polar surface area (TPSA) is 72.0 Å². The highest BCUT2D eigenvalue weighted by Gasteiger charge is 2.24. The van der Waals surface area contributed by atoms with E-state index in [4.69, 9.17) is 0 Å². The average Bonchev–Trinajstić information content (AvgIpc) is 2.27. The number of nitrogens with one attached hydrogen (secondary N) is 1. The molecule has 0 aliphatic rings. The van der Waals surface area contributed by atoms with Gasteiger partial charge in [0, 0.05) is 22.9 Å². The lowest BCUT2D eigenvalue weighted by atomic mass is 10.3. The average molecular weight is 350 g/mol. The molecule has 1 aromatic heterocycles. The lowest BCUT2D eigenvalue weighted by Gasteiger charge is -2.09. The molecule has 2 rings (SSSR count). The summed E-state index contributed by atoms with van der Waals surface area (Å²) in [4.78, 5) is 6.60. The molecule has 0 fully saturated rings. The second kappa shape index (κ2) is 5.17. The predicted octanol–water partition coefficient (Wildman–Crippen LogP) is 2.32. The minimum atomic E-state index is -4.25. The summed E-state index contributed by atoms with van der Waals surface area (Å²) >= 11 is 2.81. The summed E-state index contributed by atoms with van der Waals surface area (Å²) < 4.78 is 52.2. The van der Waals surface area contributed by atoms with Crippen LogP contribution in [0.25, 0.3) is 0 Å². The molecule has 0 aliphatic heterocycles. The third-order valence-corrected chi connectivity index (χ3v) is 4.31. The summed E-state index contributed by atoms with van der Waals surface area (Å²) in [6.45, 7) is 0. The summed E-state index contributed by atoms with van der Waals surface area (Å²) in [7, 11) is -4.25. The summed E-state index contributed by atoms with van der Waals surface area (Å²) in [5, 5.41) is 0. The molecule has 0 unspecified atom stereocenters. The van der Waals surface area contributed by atoms with Crippen molar-refractivity contribution in [3.05, 3.63) is 46.7 Å². The summed E-state index contributed by atoms with van der Waals surface area (Å²) in [5.41, 5.74) is 0. The van der Waals surface area contributed by atoms with Gasteiger partial charge in [-0.1, -0.05) is 0 Å². The highest BCUT2D eigenvalue weighted by atomic mass is 79.9. The zero-order valence-electron chi connectivity index (χ0n) is 9.14. The maximum Gasteiger partial charge on any atom is 0.268 e. The predicted molar refractivity (Wildman–Crippen MR) is 66.9 cm³/mol. The number of aromatic nitrogens is 2. The van der Waals surface area contributed by atoms with E-state index in [1.165, 1.54) is 18.5 Å². The number of hydrogen-bond acceptors (Lipinski definition) is 4. The molecule has 0 amide bonds. The van der Waals surface area contributed by atoms with E-state index in [1.807, 2.05) is 4.72 Å². The van der Waals surface area contributed by atoms with Crippen LogP contribution in [0, 0.1) is 11.6 Å². The van der Waals surface area contributed by atoms with Crippen LogP contribution in [0.5, 0.6) is 0 Å². The van der Waals surface area contributed by atoms with Gasteiger partial charge in [0.25, 0.3) is 10.0 Å². The maximum atomic E-state index is 13.6. The molecule has 19 heavy (non-hydrogen) atoms. The van der Waals surface area contributed by atoms with E-state index in [0.717, 1.165) is 6.07 Å². The first-order chi connectivity index (χ1) is 8.90. The number of benzene rings is 1. The van der Waals surface area contributed by atoms with Crippen molar-refractivity contribution in [1.29, 1.82) is 0 Å². The fraction of sp³-hybridized carbons (Fsp3) is 0. The van der Waals surface area contributed by atoms with E-state index in [1.54, 1.807) is 0 Å². The van der Waals surface area contributed by atoms with E-state index in [2.05, 4.69) is 25.9 Å². The molecule has 0 saturated heterocycles. The van der Waals surface area contributed by atoms with Crippen LogP contribution in [-0.4, -0.2) is 18.4 Å². The Balaban J connectivity index is 2.46. The van der Waals surface area contributed by atoms with E-state index >= 15 is 0 Å². The van der Waals surface area contributed by atoms with Crippen LogP contribution < -0.4 is 4.72 Å². The molecule has 1 aromatic carbocycles. The number of sulfonamides is 1. The van der Waals surface area contributed by atoms with Crippen molar-refractivity contribution < 1.29 is 17.2 Å². The van der Waals surface area contributed by atoms with Crippen molar-refractivity contribution in [3.8, 4) is 0 Å². The second-order valence-electron chi connectivity index (χ2n) is 3.38. The van der Waals surface area contributed by atoms with E-state index in [0.29, 0.717) is 6.07 Å². The molecule has 0 aliphatic carbocycles. The van der Waals surface area contributed by atoms with Crippen molar-refractivity contribution in [2.24, 2.45) is 0 Å². The first kappa shape index (κ1) is 13.8. The molecular weight excluding hydrogens is 344 g/mol. The number of anilines is 1. The van der Waals surface area contributed by atoms with Gasteiger partial charge in [-0.05, 0) is 28.1 Å². The van der Waals surface area contributed by atoms with E-state index in [9.17, 15) is 17.2 Å². The molecule has 9 heteroatoms. The summed E-state index contributed by atoms with van der Waals surface area (Å²) in [6.07, 6.45) is 2.64. The van der Waals surface area contributed by atoms with Gasteiger partial charge in [0.15, 0.2) is 0 Å². The molecule has 0 radical (unpaired) electrons. The minimum absolute atomic E-state index is 0.210. The zero-order valence-corrected chi connectivity index (χ0v) is 11.5. The Hall–Kier alpha value is -1.61. The van der Waals surface area contributed by atoms with Crippen molar-refractivity contribution in [2.75, 3.05) is 4.72 Å². The third-order valence-electron chi connectivity index (χ3n) is 2.02. The van der Waals surface area contributed by atoms with Gasteiger partial charge in [0.2, 0.25) is 5.95 Å². The van der Waals surface area contributed by atoms with Gasteiger partial charge in [-0.3, -0.25) is 0 Å². The quantitative estimate of drug-likeness (QED) is 0.922. The van der Waals surface area contributed by atoms with Crippen molar-refractivity contribution in [3.63, 3.8) is 0 Å². The normalized spacial score (nSPS) is 11.3. The minimum Gasteiger partial charge on any atom is -0.247 e. The van der Waals surface area contributed by atoms with Crippen LogP contribution in [0.4, 0.5) is 14.7 Å². The van der Waals surface area contributed by atoms with E-state index < -0.39 is 26.6 Å². The summed E-state index contributed by atoms with van der Waals surface area (Å²) in [6, 6.07) is 2.82. The molecule has 5 nitrogen and oxygen atoms in total. The molecule has 0 bridgehead atoms. The van der Waals surface area contributed by atoms with Crippen molar-refractivity contribution in [1.82, 2.24) is 9.97 Å². The first-order valence-corrected chi connectivity index (χ1v) is 7.12. The molecular formula is C10H6BrF2N3O2S. The third kappa shape index (κ3) is 3.04. The Bertz CT molecular complexity index is 687. The van der Waals surface area contributed by atoms with Crippen LogP contribution in [-0.2, 0) is 10.0 Å². The van der Waals surface area contributed by atoms with Crippen LogP contribution >= 0.6 is 15.9 Å². The molecule has 1 N–H and O–H groups in total. The monoisotopic (exact) mass is 349 g/mol. The van der Waals surface area contributed by atoms with Gasteiger partial charge < -0.3 is 0 Å². The van der Waals surface area contributed by atoms with Crippen LogP contribution in [0.15, 0.2) is 40.0 Å². The zero-order chi connectivity index (χ0) is 14.0. The number of hydrogen-bond donors (Lipinski definition) is 1. The Morgan fingerprint density at radius 3 is 2.37 bits per heavy atom. The van der Waals surface area contributed by atoms with Gasteiger partial charge in [0.1, 0.15) is 16.5 Å². The standard InChI is InChI=1S/C10H6BrF2N3O2S/c11-7-4-6(12)5-8(13)9(7)19(17,18)16-10-14-2-1-3-15-10/h1-5H,(H,14,15,16). The largest absolute Gasteiger partial charge is 0.268 e. The van der Waals surface area contributed by atoms with Crippen molar-refractivity contribution >= 4 is 31.9 Å². The Morgan fingerprint density at radius 1 is 1.16 bits per heavy atom. The van der Waals surface area contributed by atoms with Gasteiger partial charge in [0.05, 0.1) is 0 Å². The van der Waals surface area contributed by atoms with Crippen LogP contribution in [0.3, 0.4) is 0 Å². The summed E-state index contributed by atoms with van der Waals surface area (Å²) in [5.74, 6) is -2.31. The lowest BCUT2D eigenvalue weighted by molar-refractivity contribution is 0.548. The molecule has 0 atom stereocenters. The van der Waals surface area contributed by atoms with E-state index in [-0.39, 0.29) is 10.4 Å². The smallest absolute Gasteiger partial charge is 0.247 e. The van der Waals surface area contributed by atoms with Gasteiger partial charge in [-0.25, -0.2) is 31.9 Å². The van der Waals surface area contributed by atoms with Gasteiger partial charge >= 0.3 is 0 Å². The molecule has 1 heterocycles. The van der Waals surface area contributed by atoms with Crippen molar-refractivity contribution in [2.45, 2.75) is 4.90 Å². The second-order valence-corrected chi connectivity index (χ2v) is 5.85. The fourth-order valence-electron chi connectivity index (χ4n) is 1.31. The van der Waals surface area contributed by atoms with Crippen LogP contribution in [0.2, 0.25) is 0 Å². The number of rotatable bonds is 3. The highest BCUT2D eigenvalue weighted by molar-refractivity contribution is 9.10. The van der Waals surface area contributed by atoms with Gasteiger partial charge in [-0.2, -0.15) is 0 Å². The van der Waals surface area contributed by atoms with Crippen LogP contribution in [0.1, 0.15) is 0 Å². The van der Waals surface area contributed by atoms with Gasteiger partial charge in [-0.15, -0.1) is 0 Å². The Kier molecular flexibility index (Phi) is 3.76. The fourth-order valence-corrected chi connectivity index (χ4v) is 3.44. The number of halogens is 3. The maximum absolute atomic E-state index is 13.6. The first-order valence-electron chi connectivity index (χ1n) is 4.84. The number of nitrogens with zero attached hydrogens (tertiary/aromatic N) is 2. The lowest BCUT2D eigenvalue weighted by Crippen LogP contribution is -2.17. The Morgan fingerprint density at radius 2 is 1.79 bits per heavy atom. The Labute approximate surface area is 115 Å². The molecule has 100 valence electrons.